The standard InChI is InChI=1S/C15H24N2O2S2/c1-3-16-8-14-7-15(11(2)20-14)21(18,19)17-9-12-5-4-6-13(12)10-17/h7,12-13,16H,3-6,8-10H2,1-2H3. The summed E-state index contributed by atoms with van der Waals surface area (Å²) in [4.78, 5) is 2.55. The number of hydrogen-bond acceptors (Lipinski definition) is 4. The average Bonchev–Trinajstić information content (AvgIpc) is 3.09. The number of rotatable bonds is 5. The van der Waals surface area contributed by atoms with Gasteiger partial charge >= 0.3 is 0 Å². The van der Waals surface area contributed by atoms with Crippen molar-refractivity contribution in [2.75, 3.05) is 19.6 Å². The fourth-order valence-corrected chi connectivity index (χ4v) is 6.77. The van der Waals surface area contributed by atoms with Crippen LogP contribution in [0.15, 0.2) is 11.0 Å². The summed E-state index contributed by atoms with van der Waals surface area (Å²) in [6.45, 7) is 7.08. The van der Waals surface area contributed by atoms with E-state index >= 15 is 0 Å². The minimum Gasteiger partial charge on any atom is -0.312 e. The number of sulfonamides is 1. The predicted molar refractivity (Wildman–Crippen MR) is 86.0 cm³/mol. The summed E-state index contributed by atoms with van der Waals surface area (Å²) in [6, 6.07) is 1.87. The Bertz CT molecular complexity index is 597. The summed E-state index contributed by atoms with van der Waals surface area (Å²) in [5, 5.41) is 3.26. The lowest BCUT2D eigenvalue weighted by Crippen LogP contribution is -2.29. The third kappa shape index (κ3) is 2.91. The molecule has 1 saturated carbocycles. The Labute approximate surface area is 131 Å². The lowest BCUT2D eigenvalue weighted by Gasteiger charge is -2.17. The second-order valence-corrected chi connectivity index (χ2v) is 9.43. The van der Waals surface area contributed by atoms with E-state index < -0.39 is 10.0 Å². The van der Waals surface area contributed by atoms with Crippen molar-refractivity contribution < 1.29 is 8.42 Å². The Morgan fingerprint density at radius 3 is 2.62 bits per heavy atom. The van der Waals surface area contributed by atoms with Crippen molar-refractivity contribution in [3.05, 3.63) is 15.8 Å². The number of hydrogen-bond donors (Lipinski definition) is 1. The molecule has 0 spiro atoms. The number of aryl methyl sites for hydroxylation is 1. The first-order valence-corrected chi connectivity index (χ1v) is 10.1. The largest absolute Gasteiger partial charge is 0.312 e. The SMILES string of the molecule is CCNCc1cc(S(=O)(=O)N2CC3CCCC3C2)c(C)s1. The molecule has 0 aromatic carbocycles. The maximum absolute atomic E-state index is 12.9. The third-order valence-electron chi connectivity index (χ3n) is 4.78. The van der Waals surface area contributed by atoms with E-state index in [1.807, 2.05) is 13.0 Å². The Morgan fingerprint density at radius 2 is 2.00 bits per heavy atom. The average molecular weight is 329 g/mol. The molecule has 1 aromatic heterocycles. The van der Waals surface area contributed by atoms with Crippen LogP contribution in [-0.2, 0) is 16.6 Å². The van der Waals surface area contributed by atoms with Crippen LogP contribution >= 0.6 is 11.3 Å². The summed E-state index contributed by atoms with van der Waals surface area (Å²) in [7, 11) is -3.30. The van der Waals surface area contributed by atoms with Crippen molar-refractivity contribution in [3.8, 4) is 0 Å². The fourth-order valence-electron chi connectivity index (χ4n) is 3.64. The maximum Gasteiger partial charge on any atom is 0.244 e. The van der Waals surface area contributed by atoms with E-state index in [0.717, 1.165) is 35.9 Å². The molecule has 1 aromatic rings. The van der Waals surface area contributed by atoms with Crippen molar-refractivity contribution in [2.45, 2.75) is 44.6 Å². The van der Waals surface area contributed by atoms with E-state index in [4.69, 9.17) is 0 Å². The summed E-state index contributed by atoms with van der Waals surface area (Å²) in [5.74, 6) is 1.19. The Kier molecular flexibility index (Phi) is 4.41. The zero-order valence-corrected chi connectivity index (χ0v) is 14.4. The van der Waals surface area contributed by atoms with Gasteiger partial charge in [-0.25, -0.2) is 8.42 Å². The number of nitrogens with zero attached hydrogens (tertiary/aromatic N) is 1. The first-order chi connectivity index (χ1) is 10.0. The second kappa shape index (κ2) is 5.99. The van der Waals surface area contributed by atoms with Crippen molar-refractivity contribution in [3.63, 3.8) is 0 Å². The van der Waals surface area contributed by atoms with Crippen LogP contribution in [0.5, 0.6) is 0 Å². The molecule has 1 saturated heterocycles. The minimum atomic E-state index is -3.30. The molecule has 2 aliphatic rings. The monoisotopic (exact) mass is 328 g/mol. The van der Waals surface area contributed by atoms with E-state index in [-0.39, 0.29) is 0 Å². The van der Waals surface area contributed by atoms with Gasteiger partial charge in [0.1, 0.15) is 0 Å². The summed E-state index contributed by atoms with van der Waals surface area (Å²) in [5.41, 5.74) is 0. The zero-order valence-electron chi connectivity index (χ0n) is 12.8. The van der Waals surface area contributed by atoms with Crippen LogP contribution < -0.4 is 5.32 Å². The van der Waals surface area contributed by atoms with Crippen LogP contribution in [0.25, 0.3) is 0 Å². The molecule has 2 atom stereocenters. The van der Waals surface area contributed by atoms with Crippen LogP contribution in [0.4, 0.5) is 0 Å². The molecule has 2 unspecified atom stereocenters. The molecule has 2 fully saturated rings. The smallest absolute Gasteiger partial charge is 0.244 e. The van der Waals surface area contributed by atoms with E-state index in [1.54, 1.807) is 15.6 Å². The van der Waals surface area contributed by atoms with Gasteiger partial charge in [-0.15, -0.1) is 11.3 Å². The predicted octanol–water partition coefficient (Wildman–Crippen LogP) is 2.59. The second-order valence-electron chi connectivity index (χ2n) is 6.19. The lowest BCUT2D eigenvalue weighted by atomic mass is 10.0. The van der Waals surface area contributed by atoms with Gasteiger partial charge in [-0.3, -0.25) is 0 Å². The minimum absolute atomic E-state index is 0.528. The first kappa shape index (κ1) is 15.5. The quantitative estimate of drug-likeness (QED) is 0.904. The number of fused-ring (bicyclic) bond motifs is 1. The Hall–Kier alpha value is -0.430. The van der Waals surface area contributed by atoms with Crippen LogP contribution in [0, 0.1) is 18.8 Å². The molecule has 1 N–H and O–H groups in total. The van der Waals surface area contributed by atoms with Gasteiger partial charge in [0.25, 0.3) is 0 Å². The summed E-state index contributed by atoms with van der Waals surface area (Å²) in [6.07, 6.45) is 3.67. The highest BCUT2D eigenvalue weighted by atomic mass is 32.2. The first-order valence-electron chi connectivity index (χ1n) is 7.82. The molecule has 21 heavy (non-hydrogen) atoms. The van der Waals surface area contributed by atoms with Gasteiger partial charge in [0.05, 0.1) is 4.90 Å². The molecule has 118 valence electrons. The molecule has 3 rings (SSSR count). The van der Waals surface area contributed by atoms with E-state index in [1.165, 1.54) is 19.3 Å². The highest BCUT2D eigenvalue weighted by molar-refractivity contribution is 7.89. The van der Waals surface area contributed by atoms with Gasteiger partial charge < -0.3 is 5.32 Å². The Balaban J connectivity index is 1.80. The van der Waals surface area contributed by atoms with E-state index in [9.17, 15) is 8.42 Å². The molecule has 0 bridgehead atoms. The molecule has 2 heterocycles. The van der Waals surface area contributed by atoms with Gasteiger partial charge in [0.15, 0.2) is 0 Å². The van der Waals surface area contributed by atoms with Gasteiger partial charge in [0.2, 0.25) is 10.0 Å². The topological polar surface area (TPSA) is 49.4 Å². The molecule has 4 nitrogen and oxygen atoms in total. The molecular weight excluding hydrogens is 304 g/mol. The highest BCUT2D eigenvalue weighted by Gasteiger charge is 2.42. The molecule has 1 aliphatic carbocycles. The van der Waals surface area contributed by atoms with E-state index in [2.05, 4.69) is 12.2 Å². The van der Waals surface area contributed by atoms with Crippen LogP contribution in [0.1, 0.15) is 35.9 Å². The van der Waals surface area contributed by atoms with Crippen LogP contribution in [0.2, 0.25) is 0 Å². The third-order valence-corrected chi connectivity index (χ3v) is 7.92. The summed E-state index contributed by atoms with van der Waals surface area (Å²) < 4.78 is 27.5. The van der Waals surface area contributed by atoms with Crippen LogP contribution in [-0.4, -0.2) is 32.4 Å². The Morgan fingerprint density at radius 1 is 1.33 bits per heavy atom. The molecule has 1 aliphatic heterocycles. The molecular formula is C15H24N2O2S2. The molecule has 0 amide bonds. The highest BCUT2D eigenvalue weighted by Crippen LogP contribution is 2.40. The molecule has 6 heteroatoms. The van der Waals surface area contributed by atoms with Crippen molar-refractivity contribution >= 4 is 21.4 Å². The van der Waals surface area contributed by atoms with Crippen molar-refractivity contribution in [1.82, 2.24) is 9.62 Å². The normalized spacial score (nSPS) is 26.4. The molecule has 0 radical (unpaired) electrons. The van der Waals surface area contributed by atoms with Crippen molar-refractivity contribution in [1.29, 1.82) is 0 Å². The number of thiophene rings is 1. The van der Waals surface area contributed by atoms with Gasteiger partial charge in [-0.05, 0) is 44.2 Å². The van der Waals surface area contributed by atoms with Gasteiger partial charge in [-0.1, -0.05) is 13.3 Å². The zero-order chi connectivity index (χ0) is 15.0. The van der Waals surface area contributed by atoms with Gasteiger partial charge in [0, 0.05) is 29.4 Å². The lowest BCUT2D eigenvalue weighted by molar-refractivity contribution is 0.445. The van der Waals surface area contributed by atoms with Crippen LogP contribution in [0.3, 0.4) is 0 Å². The summed E-state index contributed by atoms with van der Waals surface area (Å²) >= 11 is 1.59. The fraction of sp³-hybridized carbons (Fsp3) is 0.733. The van der Waals surface area contributed by atoms with E-state index in [0.29, 0.717) is 16.7 Å². The maximum atomic E-state index is 12.9. The van der Waals surface area contributed by atoms with Crippen molar-refractivity contribution in [2.24, 2.45) is 11.8 Å². The number of nitrogens with one attached hydrogen (secondary N) is 1. The van der Waals surface area contributed by atoms with Gasteiger partial charge in [-0.2, -0.15) is 4.31 Å².